The van der Waals surface area contributed by atoms with Crippen LogP contribution in [0.15, 0.2) is 12.1 Å². The first-order valence-electron chi connectivity index (χ1n) is 4.90. The Labute approximate surface area is 104 Å². The van der Waals surface area contributed by atoms with E-state index in [9.17, 15) is 8.78 Å². The molecule has 1 atom stereocenters. The van der Waals surface area contributed by atoms with Crippen molar-refractivity contribution in [3.8, 4) is 5.75 Å². The first-order valence-corrected chi connectivity index (χ1v) is 5.31. The molecule has 6 heteroatoms. The normalized spacial score (nSPS) is 12.2. The highest BCUT2D eigenvalue weighted by molar-refractivity contribution is 7.80. The maximum absolute atomic E-state index is 13.6. The van der Waals surface area contributed by atoms with Gasteiger partial charge in [-0.3, -0.25) is 0 Å². The van der Waals surface area contributed by atoms with Crippen molar-refractivity contribution in [1.82, 2.24) is 0 Å². The second kappa shape index (κ2) is 5.88. The average Bonchev–Trinajstić information content (AvgIpc) is 2.23. The number of thiocarbonyl (C=S) groups is 1. The summed E-state index contributed by atoms with van der Waals surface area (Å²) >= 11 is 4.64. The maximum atomic E-state index is 13.6. The quantitative estimate of drug-likeness (QED) is 0.824. The van der Waals surface area contributed by atoms with Gasteiger partial charge in [-0.2, -0.15) is 0 Å². The van der Waals surface area contributed by atoms with Gasteiger partial charge in [0.05, 0.1) is 6.61 Å². The molecular weight excluding hydrogens is 248 g/mol. The third kappa shape index (κ3) is 3.61. The van der Waals surface area contributed by atoms with Gasteiger partial charge in [-0.05, 0) is 19.1 Å². The Morgan fingerprint density at radius 3 is 2.35 bits per heavy atom. The van der Waals surface area contributed by atoms with Crippen molar-refractivity contribution in [2.45, 2.75) is 13.0 Å². The van der Waals surface area contributed by atoms with Gasteiger partial charge in [0.1, 0.15) is 11.1 Å². The van der Waals surface area contributed by atoms with Crippen LogP contribution in [0.5, 0.6) is 5.75 Å². The summed E-state index contributed by atoms with van der Waals surface area (Å²) in [7, 11) is 1.47. The molecule has 0 bridgehead atoms. The molecule has 1 rings (SSSR count). The van der Waals surface area contributed by atoms with E-state index in [4.69, 9.17) is 15.2 Å². The van der Waals surface area contributed by atoms with Gasteiger partial charge in [-0.1, -0.05) is 12.2 Å². The van der Waals surface area contributed by atoms with E-state index in [0.717, 1.165) is 12.1 Å². The summed E-state index contributed by atoms with van der Waals surface area (Å²) in [6.45, 7) is 1.87. The Balaban J connectivity index is 2.97. The van der Waals surface area contributed by atoms with Crippen LogP contribution < -0.4 is 10.5 Å². The van der Waals surface area contributed by atoms with Crippen molar-refractivity contribution in [3.63, 3.8) is 0 Å². The summed E-state index contributed by atoms with van der Waals surface area (Å²) < 4.78 is 37.0. The minimum atomic E-state index is -0.837. The highest BCUT2D eigenvalue weighted by atomic mass is 32.1. The zero-order valence-corrected chi connectivity index (χ0v) is 10.3. The second-order valence-electron chi connectivity index (χ2n) is 3.52. The molecule has 1 aromatic rings. The molecule has 0 aliphatic heterocycles. The molecule has 94 valence electrons. The molecule has 0 amide bonds. The van der Waals surface area contributed by atoms with Crippen LogP contribution in [-0.2, 0) is 4.74 Å². The molecule has 1 aromatic carbocycles. The summed E-state index contributed by atoms with van der Waals surface area (Å²) in [6, 6.07) is 2.08. The Kier molecular flexibility index (Phi) is 4.77. The van der Waals surface area contributed by atoms with Crippen molar-refractivity contribution in [3.05, 3.63) is 29.3 Å². The zero-order valence-electron chi connectivity index (χ0n) is 9.50. The van der Waals surface area contributed by atoms with Gasteiger partial charge in [0, 0.05) is 12.7 Å². The lowest BCUT2D eigenvalue weighted by molar-refractivity contribution is 0.0862. The molecule has 0 aliphatic rings. The first kappa shape index (κ1) is 13.8. The number of halogens is 2. The topological polar surface area (TPSA) is 44.5 Å². The molecule has 0 saturated heterocycles. The van der Waals surface area contributed by atoms with Crippen LogP contribution in [0, 0.1) is 11.6 Å². The molecule has 3 nitrogen and oxygen atoms in total. The number of benzene rings is 1. The van der Waals surface area contributed by atoms with Crippen molar-refractivity contribution in [2.24, 2.45) is 5.73 Å². The smallest absolute Gasteiger partial charge is 0.191 e. The van der Waals surface area contributed by atoms with E-state index in [1.165, 1.54) is 7.11 Å². The molecule has 0 fully saturated rings. The van der Waals surface area contributed by atoms with E-state index >= 15 is 0 Å². The van der Waals surface area contributed by atoms with Gasteiger partial charge in [0.2, 0.25) is 0 Å². The minimum absolute atomic E-state index is 0.0701. The van der Waals surface area contributed by atoms with Gasteiger partial charge in [0.25, 0.3) is 0 Å². The Morgan fingerprint density at radius 1 is 1.41 bits per heavy atom. The molecule has 2 N–H and O–H groups in total. The summed E-state index contributed by atoms with van der Waals surface area (Å²) in [5.74, 6) is -2.12. The molecule has 0 aliphatic carbocycles. The van der Waals surface area contributed by atoms with E-state index in [1.807, 2.05) is 0 Å². The number of nitrogens with two attached hydrogens (primary N) is 1. The van der Waals surface area contributed by atoms with Crippen molar-refractivity contribution in [2.75, 3.05) is 13.7 Å². The molecule has 0 spiro atoms. The highest BCUT2D eigenvalue weighted by Crippen LogP contribution is 2.24. The van der Waals surface area contributed by atoms with Crippen LogP contribution in [-0.4, -0.2) is 24.8 Å². The Bertz CT molecular complexity index is 403. The third-order valence-electron chi connectivity index (χ3n) is 2.00. The van der Waals surface area contributed by atoms with E-state index in [2.05, 4.69) is 12.2 Å². The first-order chi connectivity index (χ1) is 7.95. The van der Waals surface area contributed by atoms with Gasteiger partial charge in [-0.15, -0.1) is 0 Å². The third-order valence-corrected chi connectivity index (χ3v) is 2.24. The SMILES string of the molecule is COCC(C)Oc1c(F)cc(C(N)=S)cc1F. The predicted octanol–water partition coefficient (Wildman–Crippen LogP) is 2.01. The Hall–Kier alpha value is -1.27. The molecule has 0 radical (unpaired) electrons. The maximum Gasteiger partial charge on any atom is 0.191 e. The molecule has 0 aromatic heterocycles. The van der Waals surface area contributed by atoms with Gasteiger partial charge >= 0.3 is 0 Å². The monoisotopic (exact) mass is 261 g/mol. The largest absolute Gasteiger partial charge is 0.482 e. The fourth-order valence-corrected chi connectivity index (χ4v) is 1.40. The fourth-order valence-electron chi connectivity index (χ4n) is 1.28. The number of hydrogen-bond donors (Lipinski definition) is 1. The van der Waals surface area contributed by atoms with Crippen molar-refractivity contribution >= 4 is 17.2 Å². The number of hydrogen-bond acceptors (Lipinski definition) is 3. The van der Waals surface area contributed by atoms with Crippen LogP contribution in [0.2, 0.25) is 0 Å². The van der Waals surface area contributed by atoms with Gasteiger partial charge in [-0.25, -0.2) is 8.78 Å². The van der Waals surface area contributed by atoms with Crippen LogP contribution in [0.4, 0.5) is 8.78 Å². The molecule has 0 saturated carbocycles. The number of ether oxygens (including phenoxy) is 2. The summed E-state index contributed by atoms with van der Waals surface area (Å²) in [6.07, 6.45) is -0.459. The summed E-state index contributed by atoms with van der Waals surface area (Å²) in [5, 5.41) is 0. The van der Waals surface area contributed by atoms with Crippen molar-refractivity contribution < 1.29 is 18.3 Å². The van der Waals surface area contributed by atoms with Crippen LogP contribution in [0.25, 0.3) is 0 Å². The lowest BCUT2D eigenvalue weighted by Gasteiger charge is -2.15. The molecule has 0 heterocycles. The molecule has 17 heavy (non-hydrogen) atoms. The van der Waals surface area contributed by atoms with E-state index in [0.29, 0.717) is 0 Å². The van der Waals surface area contributed by atoms with E-state index in [-0.39, 0.29) is 17.2 Å². The molecule has 1 unspecified atom stereocenters. The zero-order chi connectivity index (χ0) is 13.0. The highest BCUT2D eigenvalue weighted by Gasteiger charge is 2.16. The minimum Gasteiger partial charge on any atom is -0.482 e. The van der Waals surface area contributed by atoms with Crippen LogP contribution in [0.3, 0.4) is 0 Å². The standard InChI is InChI=1S/C11H13F2NO2S/c1-6(5-15-2)16-10-8(12)3-7(11(14)17)4-9(10)13/h3-4,6H,5H2,1-2H3,(H2,14,17). The van der Waals surface area contributed by atoms with Gasteiger partial charge in [0.15, 0.2) is 17.4 Å². The van der Waals surface area contributed by atoms with Crippen LogP contribution in [0.1, 0.15) is 12.5 Å². The lowest BCUT2D eigenvalue weighted by atomic mass is 10.2. The second-order valence-corrected chi connectivity index (χ2v) is 3.96. The Morgan fingerprint density at radius 2 is 1.94 bits per heavy atom. The van der Waals surface area contributed by atoms with Gasteiger partial charge < -0.3 is 15.2 Å². The van der Waals surface area contributed by atoms with E-state index in [1.54, 1.807) is 6.92 Å². The molecular formula is C11H13F2NO2S. The predicted molar refractivity (Wildman–Crippen MR) is 64.2 cm³/mol. The fraction of sp³-hybridized carbons (Fsp3) is 0.364. The average molecular weight is 261 g/mol. The summed E-state index contributed by atoms with van der Waals surface area (Å²) in [4.78, 5) is -0.0701. The summed E-state index contributed by atoms with van der Waals surface area (Å²) in [5.41, 5.74) is 5.41. The number of methoxy groups -OCH3 is 1. The number of rotatable bonds is 5. The lowest BCUT2D eigenvalue weighted by Crippen LogP contribution is -2.20. The van der Waals surface area contributed by atoms with E-state index < -0.39 is 23.5 Å². The van der Waals surface area contributed by atoms with Crippen LogP contribution >= 0.6 is 12.2 Å². The van der Waals surface area contributed by atoms with Crippen molar-refractivity contribution in [1.29, 1.82) is 0 Å².